The van der Waals surface area contributed by atoms with Crippen molar-refractivity contribution in [1.82, 2.24) is 14.5 Å². The summed E-state index contributed by atoms with van der Waals surface area (Å²) in [7, 11) is -0.439. The molecule has 162 valence electrons. The molecule has 2 saturated heterocycles. The number of nitrogens with one attached hydrogen (secondary N) is 1. The Bertz CT molecular complexity index is 806. The summed E-state index contributed by atoms with van der Waals surface area (Å²) in [6, 6.07) is 7.03. The molecule has 0 bridgehead atoms. The summed E-state index contributed by atoms with van der Waals surface area (Å²) >= 11 is 0. The fourth-order valence-electron chi connectivity index (χ4n) is 3.66. The predicted octanol–water partition coefficient (Wildman–Crippen LogP) is 1.28. The van der Waals surface area contributed by atoms with Crippen molar-refractivity contribution in [3.63, 3.8) is 0 Å². The summed E-state index contributed by atoms with van der Waals surface area (Å²) in [5, 5.41) is 3.33. The molecular weight excluding hydrogens is 392 g/mol. The molecule has 2 fully saturated rings. The van der Waals surface area contributed by atoms with Gasteiger partial charge in [0.15, 0.2) is 5.96 Å². The summed E-state index contributed by atoms with van der Waals surface area (Å²) in [5.74, 6) is 0.774. The number of hydrogen-bond acceptors (Lipinski definition) is 5. The Morgan fingerprint density at radius 3 is 2.69 bits per heavy atom. The third kappa shape index (κ3) is 5.28. The Morgan fingerprint density at radius 2 is 2.00 bits per heavy atom. The molecule has 1 aromatic rings. The van der Waals surface area contributed by atoms with Crippen LogP contribution in [0.15, 0.2) is 34.2 Å². The molecule has 0 saturated carbocycles. The monoisotopic (exact) mass is 424 g/mol. The van der Waals surface area contributed by atoms with Gasteiger partial charge in [-0.05, 0) is 31.4 Å². The van der Waals surface area contributed by atoms with Crippen molar-refractivity contribution in [2.24, 2.45) is 4.99 Å². The molecule has 2 heterocycles. The van der Waals surface area contributed by atoms with E-state index in [0.29, 0.717) is 23.6 Å². The van der Waals surface area contributed by atoms with E-state index in [0.717, 1.165) is 38.5 Å². The highest BCUT2D eigenvalue weighted by atomic mass is 32.2. The zero-order valence-corrected chi connectivity index (χ0v) is 18.3. The first-order chi connectivity index (χ1) is 13.9. The molecule has 1 N–H and O–H groups in total. The summed E-state index contributed by atoms with van der Waals surface area (Å²) in [5.41, 5.74) is 0.681. The third-order valence-corrected chi connectivity index (χ3v) is 7.15. The number of sulfonamides is 1. The lowest BCUT2D eigenvalue weighted by Gasteiger charge is -2.37. The maximum absolute atomic E-state index is 12.6. The molecule has 2 unspecified atom stereocenters. The molecule has 2 atom stereocenters. The van der Waals surface area contributed by atoms with Crippen LogP contribution in [-0.4, -0.2) is 82.7 Å². The van der Waals surface area contributed by atoms with E-state index >= 15 is 0 Å². The highest BCUT2D eigenvalue weighted by molar-refractivity contribution is 7.89. The second kappa shape index (κ2) is 9.88. The maximum atomic E-state index is 12.6. The van der Waals surface area contributed by atoms with Crippen LogP contribution in [0.1, 0.15) is 25.3 Å². The number of benzene rings is 1. The Balaban J connectivity index is 1.78. The smallest absolute Gasteiger partial charge is 0.242 e. The maximum Gasteiger partial charge on any atom is 0.242 e. The number of ether oxygens (including phenoxy) is 2. The van der Waals surface area contributed by atoms with Crippen LogP contribution >= 0.6 is 0 Å². The highest BCUT2D eigenvalue weighted by Gasteiger charge is 2.32. The lowest BCUT2D eigenvalue weighted by atomic mass is 10.1. The number of guanidine groups is 1. The predicted molar refractivity (Wildman–Crippen MR) is 112 cm³/mol. The number of nitrogens with zero attached hydrogens (tertiary/aromatic N) is 3. The van der Waals surface area contributed by atoms with E-state index in [1.54, 1.807) is 26.2 Å². The van der Waals surface area contributed by atoms with Gasteiger partial charge in [-0.25, -0.2) is 17.7 Å². The quantitative estimate of drug-likeness (QED) is 0.547. The van der Waals surface area contributed by atoms with Crippen molar-refractivity contribution in [3.05, 3.63) is 29.8 Å². The number of hydrogen-bond donors (Lipinski definition) is 1. The summed E-state index contributed by atoms with van der Waals surface area (Å²) in [4.78, 5) is 7.23. The third-order valence-electron chi connectivity index (χ3n) is 5.24. The van der Waals surface area contributed by atoms with Gasteiger partial charge in [-0.15, -0.1) is 0 Å². The van der Waals surface area contributed by atoms with Gasteiger partial charge in [0.1, 0.15) is 6.10 Å². The Hall–Kier alpha value is -1.68. The molecule has 1 aromatic carbocycles. The van der Waals surface area contributed by atoms with Crippen molar-refractivity contribution in [2.45, 2.75) is 43.4 Å². The largest absolute Gasteiger partial charge is 0.375 e. The van der Waals surface area contributed by atoms with Crippen LogP contribution < -0.4 is 5.32 Å². The SMILES string of the molecule is CCNC(=NCc1ccccc1S(=O)(=O)N(C)C)N1CCOC(C2CCCO2)C1. The Kier molecular flexibility index (Phi) is 7.50. The molecule has 8 nitrogen and oxygen atoms in total. The van der Waals surface area contributed by atoms with E-state index < -0.39 is 10.0 Å². The molecule has 9 heteroatoms. The molecule has 0 aromatic heterocycles. The van der Waals surface area contributed by atoms with Crippen LogP contribution in [0.5, 0.6) is 0 Å². The molecule has 2 aliphatic rings. The van der Waals surface area contributed by atoms with Crippen molar-refractivity contribution < 1.29 is 17.9 Å². The Morgan fingerprint density at radius 1 is 1.24 bits per heavy atom. The zero-order chi connectivity index (χ0) is 20.9. The summed E-state index contributed by atoms with van der Waals surface area (Å²) in [6.45, 7) is 5.93. The zero-order valence-electron chi connectivity index (χ0n) is 17.5. The van der Waals surface area contributed by atoms with Gasteiger partial charge < -0.3 is 19.7 Å². The van der Waals surface area contributed by atoms with Crippen LogP contribution in [0, 0.1) is 0 Å². The minimum atomic E-state index is -3.52. The molecule has 0 radical (unpaired) electrons. The van der Waals surface area contributed by atoms with Crippen LogP contribution in [0.2, 0.25) is 0 Å². The first-order valence-corrected chi connectivity index (χ1v) is 11.6. The van der Waals surface area contributed by atoms with Gasteiger partial charge in [-0.1, -0.05) is 18.2 Å². The lowest BCUT2D eigenvalue weighted by molar-refractivity contribution is -0.0817. The molecule has 2 aliphatic heterocycles. The van der Waals surface area contributed by atoms with Gasteiger partial charge in [0, 0.05) is 40.3 Å². The second-order valence-electron chi connectivity index (χ2n) is 7.47. The van der Waals surface area contributed by atoms with Crippen molar-refractivity contribution in [1.29, 1.82) is 0 Å². The van der Waals surface area contributed by atoms with E-state index in [9.17, 15) is 8.42 Å². The fraction of sp³-hybridized carbons (Fsp3) is 0.650. The van der Waals surface area contributed by atoms with Gasteiger partial charge in [0.25, 0.3) is 0 Å². The fourth-order valence-corrected chi connectivity index (χ4v) is 4.77. The molecule has 29 heavy (non-hydrogen) atoms. The number of aliphatic imine (C=N–C) groups is 1. The van der Waals surface area contributed by atoms with E-state index in [4.69, 9.17) is 14.5 Å². The summed E-state index contributed by atoms with van der Waals surface area (Å²) in [6.07, 6.45) is 2.29. The summed E-state index contributed by atoms with van der Waals surface area (Å²) < 4.78 is 38.2. The molecule has 0 spiro atoms. The molecule has 0 amide bonds. The molecular formula is C20H32N4O4S. The van der Waals surface area contributed by atoms with E-state index in [1.165, 1.54) is 4.31 Å². The normalized spacial score (nSPS) is 23.6. The van der Waals surface area contributed by atoms with E-state index in [1.807, 2.05) is 19.1 Å². The minimum Gasteiger partial charge on any atom is -0.375 e. The van der Waals surface area contributed by atoms with Crippen molar-refractivity contribution in [3.8, 4) is 0 Å². The van der Waals surface area contributed by atoms with Gasteiger partial charge in [-0.2, -0.15) is 0 Å². The molecule has 0 aliphatic carbocycles. The van der Waals surface area contributed by atoms with E-state index in [-0.39, 0.29) is 18.8 Å². The van der Waals surface area contributed by atoms with Crippen LogP contribution in [0.25, 0.3) is 0 Å². The van der Waals surface area contributed by atoms with Gasteiger partial charge in [0.2, 0.25) is 10.0 Å². The van der Waals surface area contributed by atoms with Crippen LogP contribution in [0.3, 0.4) is 0 Å². The standard InChI is InChI=1S/C20H32N4O4S/c1-4-21-20(24-11-13-28-18(15-24)17-9-7-12-27-17)22-14-16-8-5-6-10-19(16)29(25,26)23(2)3/h5-6,8,10,17-18H,4,7,9,11-15H2,1-3H3,(H,21,22). The average molecular weight is 425 g/mol. The average Bonchev–Trinajstić information content (AvgIpc) is 3.26. The van der Waals surface area contributed by atoms with Crippen molar-refractivity contribution >= 4 is 16.0 Å². The first kappa shape index (κ1) is 22.0. The number of rotatable bonds is 6. The lowest BCUT2D eigenvalue weighted by Crippen LogP contribution is -2.53. The first-order valence-electron chi connectivity index (χ1n) is 10.2. The van der Waals surface area contributed by atoms with Gasteiger partial charge >= 0.3 is 0 Å². The van der Waals surface area contributed by atoms with Crippen LogP contribution in [-0.2, 0) is 26.0 Å². The van der Waals surface area contributed by atoms with Crippen molar-refractivity contribution in [2.75, 3.05) is 46.9 Å². The second-order valence-corrected chi connectivity index (χ2v) is 9.59. The Labute approximate surface area is 173 Å². The van der Waals surface area contributed by atoms with Gasteiger partial charge in [-0.3, -0.25) is 0 Å². The number of morpholine rings is 1. The van der Waals surface area contributed by atoms with E-state index in [2.05, 4.69) is 10.2 Å². The van der Waals surface area contributed by atoms with Gasteiger partial charge in [0.05, 0.1) is 24.2 Å². The minimum absolute atomic E-state index is 0.0384. The topological polar surface area (TPSA) is 83.5 Å². The highest BCUT2D eigenvalue weighted by Crippen LogP contribution is 2.22. The van der Waals surface area contributed by atoms with Crippen LogP contribution in [0.4, 0.5) is 0 Å². The molecule has 3 rings (SSSR count).